The number of hydrogen-bond acceptors (Lipinski definition) is 7. The fraction of sp³-hybridized carbons (Fsp3) is 0.800. The fourth-order valence-electron chi connectivity index (χ4n) is 3.65. The number of aromatic amines is 1. The van der Waals surface area contributed by atoms with Crippen LogP contribution in [-0.2, 0) is 18.6 Å². The van der Waals surface area contributed by atoms with Crippen molar-refractivity contribution >= 4 is 8.32 Å². The second-order valence-electron chi connectivity index (χ2n) is 9.54. The highest BCUT2D eigenvalue weighted by Gasteiger charge is 2.51. The van der Waals surface area contributed by atoms with Gasteiger partial charge in [0.05, 0.1) is 13.2 Å². The van der Waals surface area contributed by atoms with Crippen molar-refractivity contribution < 1.29 is 18.6 Å². The minimum Gasteiger partial charge on any atom is -0.408 e. The molecule has 0 radical (unpaired) electrons. The van der Waals surface area contributed by atoms with Crippen LogP contribution >= 0.6 is 0 Å². The van der Waals surface area contributed by atoms with E-state index in [-0.39, 0.29) is 17.2 Å². The Kier molecular flexibility index (Phi) is 7.05. The molecule has 1 aromatic heterocycles. The molecule has 1 aromatic rings. The average Bonchev–Trinajstić information content (AvgIpc) is 2.98. The average molecular weight is 442 g/mol. The molecule has 0 aliphatic carbocycles. The monoisotopic (exact) mass is 441 g/mol. The molecule has 0 spiro atoms. The standard InChI is InChI=1S/C20H35N3O6Si/c1-20(2,3)30(5,6)29-16-14(13-22-9-11-27-12-10-22)28-18(17(16)26-4)23-8-7-15(24)21-19(23)25/h7-8,14,16-18H,9-13H2,1-6H3,(H,21,24,25)/t14-,16?,17?,18-/m1/s1. The molecule has 2 aliphatic rings. The molecule has 30 heavy (non-hydrogen) atoms. The van der Waals surface area contributed by atoms with E-state index in [0.29, 0.717) is 19.8 Å². The number of methoxy groups -OCH3 is 1. The van der Waals surface area contributed by atoms with Crippen LogP contribution in [0.1, 0.15) is 27.0 Å². The molecule has 0 bridgehead atoms. The zero-order valence-corrected chi connectivity index (χ0v) is 19.8. The summed E-state index contributed by atoms with van der Waals surface area (Å²) in [7, 11) is -0.529. The summed E-state index contributed by atoms with van der Waals surface area (Å²) in [5, 5.41) is 0.0156. The van der Waals surface area contributed by atoms with Crippen molar-refractivity contribution in [2.24, 2.45) is 0 Å². The lowest BCUT2D eigenvalue weighted by Crippen LogP contribution is -2.52. The molecular formula is C20H35N3O6Si. The Morgan fingerprint density at radius 2 is 1.87 bits per heavy atom. The normalized spacial score (nSPS) is 28.7. The maximum atomic E-state index is 12.4. The van der Waals surface area contributed by atoms with E-state index in [4.69, 9.17) is 18.6 Å². The lowest BCUT2D eigenvalue weighted by atomic mass is 10.1. The van der Waals surface area contributed by atoms with Crippen LogP contribution in [0.5, 0.6) is 0 Å². The minimum atomic E-state index is -2.14. The molecule has 170 valence electrons. The molecule has 3 rings (SSSR count). The Balaban J connectivity index is 1.92. The van der Waals surface area contributed by atoms with Crippen LogP contribution in [0.25, 0.3) is 0 Å². The van der Waals surface area contributed by atoms with E-state index in [9.17, 15) is 9.59 Å². The van der Waals surface area contributed by atoms with E-state index >= 15 is 0 Å². The fourth-order valence-corrected chi connectivity index (χ4v) is 4.97. The predicted octanol–water partition coefficient (Wildman–Crippen LogP) is 1.17. The molecule has 1 N–H and O–H groups in total. The van der Waals surface area contributed by atoms with Crippen molar-refractivity contribution in [3.05, 3.63) is 33.1 Å². The van der Waals surface area contributed by atoms with Crippen molar-refractivity contribution in [2.75, 3.05) is 40.0 Å². The van der Waals surface area contributed by atoms with Gasteiger partial charge in [-0.05, 0) is 18.1 Å². The van der Waals surface area contributed by atoms with Gasteiger partial charge in [0.25, 0.3) is 5.56 Å². The van der Waals surface area contributed by atoms with Gasteiger partial charge in [-0.2, -0.15) is 0 Å². The summed E-state index contributed by atoms with van der Waals surface area (Å²) >= 11 is 0. The van der Waals surface area contributed by atoms with Crippen molar-refractivity contribution in [1.29, 1.82) is 0 Å². The SMILES string of the molecule is COC1C(O[Si](C)(C)C(C)(C)C)[C@@H](CN2CCOCC2)O[C@H]1n1ccc(=O)[nH]c1=O. The highest BCUT2D eigenvalue weighted by atomic mass is 28.4. The Morgan fingerprint density at radius 3 is 2.43 bits per heavy atom. The molecule has 0 aromatic carbocycles. The maximum Gasteiger partial charge on any atom is 0.330 e. The minimum absolute atomic E-state index is 0.0156. The smallest absolute Gasteiger partial charge is 0.330 e. The number of aromatic nitrogens is 2. The Morgan fingerprint density at radius 1 is 1.20 bits per heavy atom. The summed E-state index contributed by atoms with van der Waals surface area (Å²) < 4.78 is 25.8. The molecule has 2 saturated heterocycles. The lowest BCUT2D eigenvalue weighted by Gasteiger charge is -2.41. The van der Waals surface area contributed by atoms with E-state index in [1.807, 2.05) is 0 Å². The second-order valence-corrected chi connectivity index (χ2v) is 14.3. The third-order valence-electron chi connectivity index (χ3n) is 6.46. The molecule has 9 nitrogen and oxygen atoms in total. The van der Waals surface area contributed by atoms with Crippen molar-refractivity contribution in [2.45, 2.75) is 63.4 Å². The Hall–Kier alpha value is -1.30. The molecule has 3 heterocycles. The predicted molar refractivity (Wildman–Crippen MR) is 115 cm³/mol. The first-order valence-electron chi connectivity index (χ1n) is 10.5. The number of nitrogens with one attached hydrogen (secondary N) is 1. The Labute approximate surface area is 178 Å². The molecule has 0 saturated carbocycles. The number of hydrogen-bond donors (Lipinski definition) is 1. The quantitative estimate of drug-likeness (QED) is 0.662. The highest BCUT2D eigenvalue weighted by molar-refractivity contribution is 6.74. The van der Waals surface area contributed by atoms with Gasteiger partial charge in [0.15, 0.2) is 14.5 Å². The number of rotatable bonds is 6. The molecule has 2 fully saturated rings. The Bertz CT molecular complexity index is 827. The second kappa shape index (κ2) is 9.05. The van der Waals surface area contributed by atoms with Crippen molar-refractivity contribution in [3.8, 4) is 0 Å². The van der Waals surface area contributed by atoms with E-state index in [1.54, 1.807) is 7.11 Å². The van der Waals surface area contributed by atoms with E-state index in [2.05, 4.69) is 43.7 Å². The van der Waals surface area contributed by atoms with E-state index in [0.717, 1.165) is 13.1 Å². The van der Waals surface area contributed by atoms with Gasteiger partial charge in [-0.25, -0.2) is 4.79 Å². The van der Waals surface area contributed by atoms with Crippen LogP contribution in [0.3, 0.4) is 0 Å². The molecule has 0 amide bonds. The maximum absolute atomic E-state index is 12.4. The van der Waals surface area contributed by atoms with Crippen LogP contribution < -0.4 is 11.2 Å². The first-order valence-corrected chi connectivity index (χ1v) is 13.4. The van der Waals surface area contributed by atoms with Crippen molar-refractivity contribution in [3.63, 3.8) is 0 Å². The van der Waals surface area contributed by atoms with Crippen LogP contribution in [0, 0.1) is 0 Å². The summed E-state index contributed by atoms with van der Waals surface area (Å²) in [6.45, 7) is 14.7. The van der Waals surface area contributed by atoms with Gasteiger partial charge in [0.2, 0.25) is 0 Å². The number of H-pyrrole nitrogens is 1. The zero-order valence-electron chi connectivity index (χ0n) is 18.8. The molecule has 4 atom stereocenters. The lowest BCUT2D eigenvalue weighted by molar-refractivity contribution is -0.0641. The summed E-state index contributed by atoms with van der Waals surface area (Å²) in [6.07, 6.45) is -0.305. The number of nitrogens with zero attached hydrogens (tertiary/aromatic N) is 2. The van der Waals surface area contributed by atoms with E-state index < -0.39 is 31.9 Å². The van der Waals surface area contributed by atoms with E-state index in [1.165, 1.54) is 16.8 Å². The summed E-state index contributed by atoms with van der Waals surface area (Å²) in [5.41, 5.74) is -0.963. The van der Waals surface area contributed by atoms with Crippen LogP contribution in [-0.4, -0.2) is 81.0 Å². The van der Waals surface area contributed by atoms with Gasteiger partial charge >= 0.3 is 5.69 Å². The topological polar surface area (TPSA) is 95.0 Å². The summed E-state index contributed by atoms with van der Waals surface area (Å²) in [5.74, 6) is 0. The zero-order chi connectivity index (χ0) is 22.1. The first kappa shape index (κ1) is 23.4. The van der Waals surface area contributed by atoms with Crippen LogP contribution in [0.15, 0.2) is 21.9 Å². The summed E-state index contributed by atoms with van der Waals surface area (Å²) in [4.78, 5) is 28.6. The number of morpholine rings is 1. The number of ether oxygens (including phenoxy) is 3. The molecule has 10 heteroatoms. The molecule has 2 unspecified atom stereocenters. The molecule has 2 aliphatic heterocycles. The van der Waals surface area contributed by atoms with Gasteiger partial charge in [-0.1, -0.05) is 20.8 Å². The van der Waals surface area contributed by atoms with Crippen LogP contribution in [0.4, 0.5) is 0 Å². The largest absolute Gasteiger partial charge is 0.408 e. The van der Waals surface area contributed by atoms with Gasteiger partial charge in [0, 0.05) is 39.0 Å². The summed E-state index contributed by atoms with van der Waals surface area (Å²) in [6, 6.07) is 1.32. The van der Waals surface area contributed by atoms with Gasteiger partial charge in [-0.3, -0.25) is 19.2 Å². The van der Waals surface area contributed by atoms with Crippen LogP contribution in [0.2, 0.25) is 18.1 Å². The third-order valence-corrected chi connectivity index (χ3v) is 10.9. The van der Waals surface area contributed by atoms with Gasteiger partial charge in [-0.15, -0.1) is 0 Å². The van der Waals surface area contributed by atoms with Gasteiger partial charge in [0.1, 0.15) is 18.3 Å². The highest BCUT2D eigenvalue weighted by Crippen LogP contribution is 2.41. The van der Waals surface area contributed by atoms with Gasteiger partial charge < -0.3 is 18.6 Å². The molecular weight excluding hydrogens is 406 g/mol. The first-order chi connectivity index (χ1) is 14.0. The third kappa shape index (κ3) is 4.95. The van der Waals surface area contributed by atoms with Crippen molar-refractivity contribution in [1.82, 2.24) is 14.5 Å².